The quantitative estimate of drug-likeness (QED) is 0.165. The molecular weight excluding hydrogens is 661 g/mol. The van der Waals surface area contributed by atoms with Gasteiger partial charge >= 0.3 is 0 Å². The largest absolute Gasteiger partial charge is 0.457 e. The Morgan fingerprint density at radius 1 is 0.593 bits per heavy atom. The number of fused-ring (bicyclic) bond motifs is 4. The van der Waals surface area contributed by atoms with E-state index in [1.165, 1.54) is 50.1 Å². The van der Waals surface area contributed by atoms with Crippen LogP contribution in [0.25, 0.3) is 38.8 Å². The second-order valence-electron chi connectivity index (χ2n) is 15.6. The Morgan fingerprint density at radius 2 is 1.31 bits per heavy atom. The third-order valence-electron chi connectivity index (χ3n) is 10.7. The molecule has 0 unspecified atom stereocenters. The average molecular weight is 705 g/mol. The van der Waals surface area contributed by atoms with E-state index < -0.39 is 0 Å². The average Bonchev–Trinajstić information content (AvgIpc) is 3.74. The molecule has 54 heavy (non-hydrogen) atoms. The minimum atomic E-state index is 0.00489. The molecule has 3 heterocycles. The summed E-state index contributed by atoms with van der Waals surface area (Å²) in [6.45, 7) is 11.9. The van der Waals surface area contributed by atoms with Crippen molar-refractivity contribution in [1.82, 2.24) is 9.55 Å². The number of aromatic nitrogens is 2. The van der Waals surface area contributed by atoms with Crippen molar-refractivity contribution >= 4 is 44.6 Å². The molecule has 0 fully saturated rings. The predicted molar refractivity (Wildman–Crippen MR) is 225 cm³/mol. The molecule has 9 rings (SSSR count). The summed E-state index contributed by atoms with van der Waals surface area (Å²) in [6.07, 6.45) is 1.92. The number of hydrogen-bond acceptors (Lipinski definition) is 4. The van der Waals surface area contributed by atoms with E-state index in [0.717, 1.165) is 34.0 Å². The third-order valence-corrected chi connectivity index (χ3v) is 10.7. The fourth-order valence-electron chi connectivity index (χ4n) is 7.75. The zero-order valence-corrected chi connectivity index (χ0v) is 31.5. The van der Waals surface area contributed by atoms with Crippen molar-refractivity contribution in [3.8, 4) is 28.4 Å². The van der Waals surface area contributed by atoms with Crippen LogP contribution in [0.5, 0.6) is 11.5 Å². The highest BCUT2D eigenvalue weighted by molar-refractivity contribution is 6.09. The highest BCUT2D eigenvalue weighted by Gasteiger charge is 2.30. The first-order valence-corrected chi connectivity index (χ1v) is 18.8. The van der Waals surface area contributed by atoms with Crippen molar-refractivity contribution in [3.63, 3.8) is 0 Å². The van der Waals surface area contributed by atoms with Crippen LogP contribution >= 0.6 is 0 Å². The number of anilines is 4. The monoisotopic (exact) mass is 704 g/mol. The molecule has 5 nitrogen and oxygen atoms in total. The van der Waals surface area contributed by atoms with Crippen LogP contribution in [0.1, 0.15) is 51.7 Å². The molecule has 0 amide bonds. The molecule has 6 aromatic carbocycles. The Balaban J connectivity index is 1.08. The van der Waals surface area contributed by atoms with E-state index >= 15 is 0 Å². The molecule has 5 heteroatoms. The second kappa shape index (κ2) is 13.3. The molecule has 2 aromatic heterocycles. The van der Waals surface area contributed by atoms with Gasteiger partial charge in [-0.2, -0.15) is 0 Å². The van der Waals surface area contributed by atoms with Crippen LogP contribution in [-0.2, 0) is 5.41 Å². The lowest BCUT2D eigenvalue weighted by Gasteiger charge is -2.26. The van der Waals surface area contributed by atoms with E-state index in [4.69, 9.17) is 9.72 Å². The number of benzene rings is 6. The number of hydrogen-bond donors (Lipinski definition) is 0. The van der Waals surface area contributed by atoms with Crippen molar-refractivity contribution in [2.45, 2.75) is 46.0 Å². The molecule has 0 spiro atoms. The summed E-state index contributed by atoms with van der Waals surface area (Å²) >= 11 is 0. The SMILES string of the molecule is CC(C)c1ccc(-c2ccccc2)c(N2CN(c3cccc(Oc4ccc5c6ccccc6n(-c6cc(C(C)(C)C)ccn6)c5c4)c3)c3ccccc32)c1. The lowest BCUT2D eigenvalue weighted by atomic mass is 9.88. The fraction of sp³-hybridized carbons (Fsp3) is 0.163. The minimum Gasteiger partial charge on any atom is -0.457 e. The van der Waals surface area contributed by atoms with Crippen molar-refractivity contribution in [2.75, 3.05) is 16.5 Å². The summed E-state index contributed by atoms with van der Waals surface area (Å²) in [4.78, 5) is 9.69. The molecule has 0 saturated heterocycles. The lowest BCUT2D eigenvalue weighted by molar-refractivity contribution is 0.483. The van der Waals surface area contributed by atoms with Gasteiger partial charge in [-0.15, -0.1) is 0 Å². The topological polar surface area (TPSA) is 33.5 Å². The smallest absolute Gasteiger partial charge is 0.137 e. The maximum atomic E-state index is 6.70. The Hall–Kier alpha value is -6.33. The van der Waals surface area contributed by atoms with E-state index in [-0.39, 0.29) is 5.41 Å². The highest BCUT2D eigenvalue weighted by atomic mass is 16.5. The highest BCUT2D eigenvalue weighted by Crippen LogP contribution is 2.48. The van der Waals surface area contributed by atoms with Gasteiger partial charge in [0.25, 0.3) is 0 Å². The summed E-state index contributed by atoms with van der Waals surface area (Å²) in [7, 11) is 0. The van der Waals surface area contributed by atoms with Crippen LogP contribution in [0.4, 0.5) is 22.7 Å². The molecule has 1 aliphatic heterocycles. The standard InChI is InChI=1S/C49H44N4O/c1-33(2)35-22-24-40(34-14-7-6-8-15-34)46(28-35)52-32-51(44-20-11-12-21-45(44)52)37-16-13-17-38(30-37)54-39-23-25-42-41-18-9-10-19-43(41)53(47(42)31-39)48-29-36(26-27-50-48)49(3,4)5/h6-31,33H,32H2,1-5H3. The Morgan fingerprint density at radius 3 is 2.11 bits per heavy atom. The maximum Gasteiger partial charge on any atom is 0.137 e. The molecule has 0 bridgehead atoms. The number of rotatable bonds is 7. The van der Waals surface area contributed by atoms with Gasteiger partial charge in [-0.05, 0) is 88.7 Å². The summed E-state index contributed by atoms with van der Waals surface area (Å²) in [5, 5.41) is 2.36. The second-order valence-corrected chi connectivity index (χ2v) is 15.6. The summed E-state index contributed by atoms with van der Waals surface area (Å²) < 4.78 is 8.96. The zero-order valence-electron chi connectivity index (χ0n) is 31.5. The molecule has 1 aliphatic rings. The van der Waals surface area contributed by atoms with Crippen LogP contribution in [-0.4, -0.2) is 16.2 Å². The van der Waals surface area contributed by atoms with Crippen LogP contribution in [0.3, 0.4) is 0 Å². The van der Waals surface area contributed by atoms with E-state index in [1.807, 2.05) is 12.3 Å². The molecule has 266 valence electrons. The first-order valence-electron chi connectivity index (χ1n) is 18.8. The van der Waals surface area contributed by atoms with Gasteiger partial charge < -0.3 is 14.5 Å². The van der Waals surface area contributed by atoms with Gasteiger partial charge in [-0.25, -0.2) is 4.98 Å². The first-order chi connectivity index (χ1) is 26.2. The molecule has 0 radical (unpaired) electrons. The summed E-state index contributed by atoms with van der Waals surface area (Å²) in [5.41, 5.74) is 11.8. The summed E-state index contributed by atoms with van der Waals surface area (Å²) in [6, 6.07) is 54.0. The Kier molecular flexibility index (Phi) is 8.23. The van der Waals surface area contributed by atoms with E-state index in [0.29, 0.717) is 12.6 Å². The fourth-order valence-corrected chi connectivity index (χ4v) is 7.75. The van der Waals surface area contributed by atoms with Gasteiger partial charge in [0.2, 0.25) is 0 Å². The number of ether oxygens (including phenoxy) is 1. The molecule has 0 saturated carbocycles. The predicted octanol–water partition coefficient (Wildman–Crippen LogP) is 13.3. The number of para-hydroxylation sites is 3. The van der Waals surface area contributed by atoms with Crippen molar-refractivity contribution in [2.24, 2.45) is 0 Å². The van der Waals surface area contributed by atoms with E-state index in [1.54, 1.807) is 0 Å². The molecule has 0 aliphatic carbocycles. The normalized spacial score (nSPS) is 12.9. The van der Waals surface area contributed by atoms with Crippen LogP contribution in [0, 0.1) is 0 Å². The van der Waals surface area contributed by atoms with Gasteiger partial charge in [-0.3, -0.25) is 4.57 Å². The van der Waals surface area contributed by atoms with Gasteiger partial charge in [0.15, 0.2) is 0 Å². The number of pyridine rings is 1. The van der Waals surface area contributed by atoms with E-state index in [2.05, 4.69) is 195 Å². The minimum absolute atomic E-state index is 0.00489. The van der Waals surface area contributed by atoms with Crippen LogP contribution in [0.2, 0.25) is 0 Å². The van der Waals surface area contributed by atoms with E-state index in [9.17, 15) is 0 Å². The molecule has 0 atom stereocenters. The third kappa shape index (κ3) is 5.96. The van der Waals surface area contributed by atoms with Crippen LogP contribution in [0.15, 0.2) is 158 Å². The van der Waals surface area contributed by atoms with Gasteiger partial charge in [0, 0.05) is 40.4 Å². The Bertz CT molecular complexity index is 2650. The van der Waals surface area contributed by atoms with Crippen molar-refractivity contribution in [1.29, 1.82) is 0 Å². The Labute approximate surface area is 317 Å². The molecule has 8 aromatic rings. The number of nitrogens with zero attached hydrogens (tertiary/aromatic N) is 4. The molecular formula is C49H44N4O. The first kappa shape index (κ1) is 33.5. The van der Waals surface area contributed by atoms with Gasteiger partial charge in [-0.1, -0.05) is 113 Å². The van der Waals surface area contributed by atoms with Crippen LogP contribution < -0.4 is 14.5 Å². The maximum absolute atomic E-state index is 6.70. The van der Waals surface area contributed by atoms with Gasteiger partial charge in [0.1, 0.15) is 24.0 Å². The van der Waals surface area contributed by atoms with Crippen molar-refractivity contribution < 1.29 is 4.74 Å². The lowest BCUT2D eigenvalue weighted by Crippen LogP contribution is -2.24. The zero-order chi connectivity index (χ0) is 37.0. The van der Waals surface area contributed by atoms with Gasteiger partial charge in [0.05, 0.1) is 28.1 Å². The summed E-state index contributed by atoms with van der Waals surface area (Å²) in [5.74, 6) is 2.88. The molecule has 0 N–H and O–H groups in total. The van der Waals surface area contributed by atoms with Crippen molar-refractivity contribution in [3.05, 3.63) is 169 Å².